The van der Waals surface area contributed by atoms with Crippen LogP contribution in [0.25, 0.3) is 0 Å². The maximum atomic E-state index is 12.8. The summed E-state index contributed by atoms with van der Waals surface area (Å²) in [5.74, 6) is -1.45. The number of hydrogen-bond donors (Lipinski definition) is 5. The molecule has 0 saturated carbocycles. The molecule has 5 N–H and O–H groups in total. The van der Waals surface area contributed by atoms with Crippen LogP contribution in [0.4, 0.5) is 22.7 Å². The van der Waals surface area contributed by atoms with Gasteiger partial charge in [-0.1, -0.05) is 38.1 Å². The van der Waals surface area contributed by atoms with Crippen molar-refractivity contribution in [3.05, 3.63) is 74.5 Å². The van der Waals surface area contributed by atoms with E-state index in [0.717, 1.165) is 0 Å². The van der Waals surface area contributed by atoms with Gasteiger partial charge < -0.3 is 26.4 Å². The van der Waals surface area contributed by atoms with Crippen LogP contribution < -0.4 is 32.1 Å². The van der Waals surface area contributed by atoms with Crippen molar-refractivity contribution < 1.29 is 14.7 Å². The van der Waals surface area contributed by atoms with Crippen molar-refractivity contribution in [1.29, 1.82) is 0 Å². The molecule has 0 unspecified atom stereocenters. The Labute approximate surface area is 184 Å². The molecule has 2 amide bonds. The van der Waals surface area contributed by atoms with Crippen LogP contribution in [-0.2, 0) is 4.79 Å². The summed E-state index contributed by atoms with van der Waals surface area (Å²) in [7, 11) is 1.42. The number of anilines is 4. The molecule has 0 bridgehead atoms. The second kappa shape index (κ2) is 9.34. The predicted octanol–water partition coefficient (Wildman–Crippen LogP) is 2.17. The molecule has 166 valence electrons. The minimum absolute atomic E-state index is 0.00741. The Hall–Kier alpha value is -4.14. The van der Waals surface area contributed by atoms with Crippen LogP contribution >= 0.6 is 0 Å². The first kappa shape index (κ1) is 22.5. The average molecular weight is 436 g/mol. The molecule has 0 aliphatic carbocycles. The summed E-state index contributed by atoms with van der Waals surface area (Å²) in [5.41, 5.74) is -1.01. The van der Waals surface area contributed by atoms with Crippen LogP contribution in [-0.4, -0.2) is 30.0 Å². The maximum absolute atomic E-state index is 12.8. The number of phenols is 1. The highest BCUT2D eigenvalue weighted by Crippen LogP contribution is 2.31. The molecular formula is C23H24N4O5. The number of amides is 2. The molecule has 0 aliphatic heterocycles. The van der Waals surface area contributed by atoms with Gasteiger partial charge >= 0.3 is 0 Å². The molecule has 0 spiro atoms. The molecule has 1 atom stereocenters. The standard InChI is InChI=1S/C23H24N4O5/c1-12(2)16(23(32)25-13-8-5-4-6-9-13)27-18-17(20(29)21(18)30)26-15-11-7-10-14(19(15)28)22(31)24-3/h4-12,16,26-28H,1-3H3,(H,24,31)(H,25,32)/t16-/m0/s1. The van der Waals surface area contributed by atoms with Gasteiger partial charge in [-0.15, -0.1) is 0 Å². The SMILES string of the molecule is CNC(=O)c1cccc(Nc2c(N[C@H](C(=O)Nc3ccccc3)C(C)C)c(=O)c2=O)c1O. The first-order chi connectivity index (χ1) is 15.2. The molecule has 0 saturated heterocycles. The van der Waals surface area contributed by atoms with Crippen LogP contribution in [0.3, 0.4) is 0 Å². The number of carbonyl (C=O) groups excluding carboxylic acids is 2. The minimum atomic E-state index is -0.801. The van der Waals surface area contributed by atoms with E-state index in [4.69, 9.17) is 0 Å². The van der Waals surface area contributed by atoms with Gasteiger partial charge in [0, 0.05) is 12.7 Å². The number of aromatic hydroxyl groups is 1. The third-order valence-electron chi connectivity index (χ3n) is 4.97. The number of rotatable bonds is 8. The van der Waals surface area contributed by atoms with Gasteiger partial charge in [0.1, 0.15) is 17.4 Å². The molecule has 9 nitrogen and oxygen atoms in total. The highest BCUT2D eigenvalue weighted by molar-refractivity contribution is 6.00. The van der Waals surface area contributed by atoms with Gasteiger partial charge in [-0.3, -0.25) is 19.2 Å². The molecule has 3 rings (SSSR count). The number of phenolic OH excluding ortho intramolecular Hbond substituents is 1. The Morgan fingerprint density at radius 1 is 0.906 bits per heavy atom. The molecule has 0 aliphatic rings. The lowest BCUT2D eigenvalue weighted by Crippen LogP contribution is -2.45. The lowest BCUT2D eigenvalue weighted by molar-refractivity contribution is -0.117. The van der Waals surface area contributed by atoms with Gasteiger partial charge in [-0.25, -0.2) is 0 Å². The van der Waals surface area contributed by atoms with Gasteiger partial charge in [0.2, 0.25) is 5.91 Å². The van der Waals surface area contributed by atoms with Gasteiger partial charge in [0.25, 0.3) is 16.8 Å². The van der Waals surface area contributed by atoms with Gasteiger partial charge in [-0.2, -0.15) is 0 Å². The fourth-order valence-corrected chi connectivity index (χ4v) is 3.18. The fourth-order valence-electron chi connectivity index (χ4n) is 3.18. The van der Waals surface area contributed by atoms with Gasteiger partial charge in [0.05, 0.1) is 11.3 Å². The summed E-state index contributed by atoms with van der Waals surface area (Å²) in [6.07, 6.45) is 0. The van der Waals surface area contributed by atoms with E-state index in [0.29, 0.717) is 5.69 Å². The Balaban J connectivity index is 1.86. The van der Waals surface area contributed by atoms with Crippen LogP contribution in [0.5, 0.6) is 5.75 Å². The zero-order chi connectivity index (χ0) is 23.4. The van der Waals surface area contributed by atoms with Gasteiger partial charge in [0.15, 0.2) is 5.75 Å². The third kappa shape index (κ3) is 4.46. The normalized spacial score (nSPS) is 11.8. The second-order valence-corrected chi connectivity index (χ2v) is 7.54. The molecule has 0 radical (unpaired) electrons. The fraction of sp³-hybridized carbons (Fsp3) is 0.217. The van der Waals surface area contributed by atoms with E-state index in [1.165, 1.54) is 25.2 Å². The molecule has 0 aromatic heterocycles. The first-order valence-corrected chi connectivity index (χ1v) is 10.0. The minimum Gasteiger partial charge on any atom is -0.505 e. The summed E-state index contributed by atoms with van der Waals surface area (Å²) in [5, 5.41) is 21.2. The van der Waals surface area contributed by atoms with Crippen molar-refractivity contribution in [2.45, 2.75) is 19.9 Å². The summed E-state index contributed by atoms with van der Waals surface area (Å²) < 4.78 is 0. The van der Waals surface area contributed by atoms with E-state index in [-0.39, 0.29) is 40.2 Å². The highest BCUT2D eigenvalue weighted by atomic mass is 16.3. The maximum Gasteiger partial charge on any atom is 0.254 e. The quantitative estimate of drug-likeness (QED) is 0.270. The Morgan fingerprint density at radius 2 is 1.56 bits per heavy atom. The molecule has 0 heterocycles. The predicted molar refractivity (Wildman–Crippen MR) is 123 cm³/mol. The molecule has 0 fully saturated rings. The van der Waals surface area contributed by atoms with Crippen molar-refractivity contribution in [3.8, 4) is 5.75 Å². The lowest BCUT2D eigenvalue weighted by Gasteiger charge is -2.25. The molecule has 3 aromatic carbocycles. The Morgan fingerprint density at radius 3 is 2.19 bits per heavy atom. The van der Waals surface area contributed by atoms with E-state index >= 15 is 0 Å². The average Bonchev–Trinajstić information content (AvgIpc) is 2.79. The van der Waals surface area contributed by atoms with Crippen molar-refractivity contribution in [3.63, 3.8) is 0 Å². The Kier molecular flexibility index (Phi) is 6.58. The third-order valence-corrected chi connectivity index (χ3v) is 4.97. The van der Waals surface area contributed by atoms with Crippen LogP contribution in [0.15, 0.2) is 58.1 Å². The number of nitrogens with one attached hydrogen (secondary N) is 4. The zero-order valence-electron chi connectivity index (χ0n) is 17.9. The first-order valence-electron chi connectivity index (χ1n) is 10.0. The summed E-state index contributed by atoms with van der Waals surface area (Å²) in [6, 6.07) is 12.5. The van der Waals surface area contributed by atoms with E-state index in [2.05, 4.69) is 21.3 Å². The van der Waals surface area contributed by atoms with E-state index < -0.39 is 22.8 Å². The van der Waals surface area contributed by atoms with Crippen molar-refractivity contribution in [2.24, 2.45) is 5.92 Å². The van der Waals surface area contributed by atoms with Gasteiger partial charge in [-0.05, 0) is 30.2 Å². The molecule has 32 heavy (non-hydrogen) atoms. The van der Waals surface area contributed by atoms with Crippen molar-refractivity contribution >= 4 is 34.6 Å². The summed E-state index contributed by atoms with van der Waals surface area (Å²) in [4.78, 5) is 49.1. The smallest absolute Gasteiger partial charge is 0.254 e. The van der Waals surface area contributed by atoms with E-state index in [1.54, 1.807) is 38.1 Å². The monoisotopic (exact) mass is 436 g/mol. The second-order valence-electron chi connectivity index (χ2n) is 7.54. The van der Waals surface area contributed by atoms with E-state index in [1.807, 2.05) is 6.07 Å². The molecule has 9 heteroatoms. The van der Waals surface area contributed by atoms with Crippen LogP contribution in [0, 0.1) is 5.92 Å². The highest BCUT2D eigenvalue weighted by Gasteiger charge is 2.29. The summed E-state index contributed by atoms with van der Waals surface area (Å²) in [6.45, 7) is 3.61. The topological polar surface area (TPSA) is 137 Å². The lowest BCUT2D eigenvalue weighted by atomic mass is 10.0. The zero-order valence-corrected chi connectivity index (χ0v) is 17.9. The molecule has 3 aromatic rings. The largest absolute Gasteiger partial charge is 0.505 e. The van der Waals surface area contributed by atoms with E-state index in [9.17, 15) is 24.3 Å². The van der Waals surface area contributed by atoms with Crippen molar-refractivity contribution in [1.82, 2.24) is 5.32 Å². The number of hydrogen-bond acceptors (Lipinski definition) is 7. The van der Waals surface area contributed by atoms with Crippen LogP contribution in [0.2, 0.25) is 0 Å². The van der Waals surface area contributed by atoms with Crippen molar-refractivity contribution in [2.75, 3.05) is 23.0 Å². The van der Waals surface area contributed by atoms with Crippen LogP contribution in [0.1, 0.15) is 24.2 Å². The number of carbonyl (C=O) groups is 2. The summed E-state index contributed by atoms with van der Waals surface area (Å²) >= 11 is 0. The molecular weight excluding hydrogens is 412 g/mol. The Bertz CT molecular complexity index is 1210. The number of para-hydroxylation sites is 2. The number of benzene rings is 2.